The number of rotatable bonds is 70. The molecule has 0 spiro atoms. The van der Waals surface area contributed by atoms with Gasteiger partial charge in [-0.25, -0.2) is 9.13 Å². The van der Waals surface area contributed by atoms with Gasteiger partial charge in [0.1, 0.15) is 19.3 Å². The Morgan fingerprint density at radius 1 is 0.304 bits per heavy atom. The van der Waals surface area contributed by atoms with Gasteiger partial charge in [-0.2, -0.15) is 0 Å². The number of carbonyl (C=O) groups is 4. The topological polar surface area (TPSA) is 237 Å². The molecule has 0 fully saturated rings. The molecular weight excluding hydrogens is 1210 g/mol. The van der Waals surface area contributed by atoms with Gasteiger partial charge in [0.2, 0.25) is 0 Å². The highest BCUT2D eigenvalue weighted by Crippen LogP contribution is 2.45. The van der Waals surface area contributed by atoms with Crippen LogP contribution in [0.3, 0.4) is 0 Å². The summed E-state index contributed by atoms with van der Waals surface area (Å²) in [6, 6.07) is 0. The summed E-state index contributed by atoms with van der Waals surface area (Å²) in [5.74, 6) is 0.912. The number of aliphatic hydroxyl groups excluding tert-OH is 1. The van der Waals surface area contributed by atoms with Crippen LogP contribution < -0.4 is 0 Å². The Kier molecular flexibility index (Phi) is 61.3. The first-order valence-electron chi connectivity index (χ1n) is 37.7. The first-order chi connectivity index (χ1) is 44.1. The molecule has 3 N–H and O–H groups in total. The van der Waals surface area contributed by atoms with Gasteiger partial charge in [0.15, 0.2) is 12.2 Å². The average Bonchev–Trinajstić information content (AvgIpc) is 2.30. The molecule has 0 aliphatic heterocycles. The van der Waals surface area contributed by atoms with Crippen LogP contribution in [0.2, 0.25) is 0 Å². The van der Waals surface area contributed by atoms with E-state index in [0.717, 1.165) is 114 Å². The normalized spacial score (nSPS) is 14.5. The summed E-state index contributed by atoms with van der Waals surface area (Å²) in [5.41, 5.74) is 0. The van der Waals surface area contributed by atoms with Gasteiger partial charge in [-0.1, -0.05) is 312 Å². The van der Waals surface area contributed by atoms with Crippen molar-refractivity contribution in [3.8, 4) is 0 Å². The maximum Gasteiger partial charge on any atom is 0.472 e. The van der Waals surface area contributed by atoms with E-state index in [1.165, 1.54) is 161 Å². The minimum Gasteiger partial charge on any atom is -0.462 e. The van der Waals surface area contributed by atoms with Crippen LogP contribution in [0.5, 0.6) is 0 Å². The predicted octanol–water partition coefficient (Wildman–Crippen LogP) is 20.9. The van der Waals surface area contributed by atoms with Gasteiger partial charge >= 0.3 is 39.5 Å². The fourth-order valence-electron chi connectivity index (χ4n) is 11.0. The molecule has 0 bridgehead atoms. The summed E-state index contributed by atoms with van der Waals surface area (Å²) in [4.78, 5) is 72.7. The van der Waals surface area contributed by atoms with E-state index in [1.807, 2.05) is 0 Å². The zero-order chi connectivity index (χ0) is 68.2. The van der Waals surface area contributed by atoms with E-state index in [9.17, 15) is 43.2 Å². The van der Waals surface area contributed by atoms with E-state index in [1.54, 1.807) is 0 Å². The largest absolute Gasteiger partial charge is 0.472 e. The van der Waals surface area contributed by atoms with Crippen molar-refractivity contribution in [3.05, 3.63) is 0 Å². The summed E-state index contributed by atoms with van der Waals surface area (Å²) in [6.07, 6.45) is 45.8. The van der Waals surface area contributed by atoms with Crippen molar-refractivity contribution in [1.29, 1.82) is 0 Å². The number of esters is 4. The number of aliphatic hydroxyl groups is 1. The van der Waals surface area contributed by atoms with E-state index in [0.29, 0.717) is 31.6 Å². The van der Waals surface area contributed by atoms with Crippen molar-refractivity contribution < 1.29 is 80.2 Å². The van der Waals surface area contributed by atoms with Crippen molar-refractivity contribution in [3.63, 3.8) is 0 Å². The summed E-state index contributed by atoms with van der Waals surface area (Å²) in [7, 11) is -9.91. The molecule has 17 nitrogen and oxygen atoms in total. The molecule has 0 amide bonds. The van der Waals surface area contributed by atoms with Crippen LogP contribution in [0, 0.1) is 23.7 Å². The van der Waals surface area contributed by atoms with E-state index in [2.05, 4.69) is 55.4 Å². The van der Waals surface area contributed by atoms with Crippen LogP contribution in [0.15, 0.2) is 0 Å². The minimum atomic E-state index is -4.96. The number of unbranched alkanes of at least 4 members (excludes halogenated alkanes) is 35. The lowest BCUT2D eigenvalue weighted by Gasteiger charge is -2.21. The van der Waals surface area contributed by atoms with Crippen molar-refractivity contribution >= 4 is 39.5 Å². The quantitative estimate of drug-likeness (QED) is 0.0222. The van der Waals surface area contributed by atoms with E-state index in [-0.39, 0.29) is 25.7 Å². The molecule has 0 aliphatic rings. The number of ether oxygens (including phenoxy) is 4. The molecular formula is C73H142O17P2. The molecule has 0 saturated carbocycles. The lowest BCUT2D eigenvalue weighted by atomic mass is 9.99. The van der Waals surface area contributed by atoms with Gasteiger partial charge in [-0.05, 0) is 49.4 Å². The molecule has 0 saturated heterocycles. The second-order valence-electron chi connectivity index (χ2n) is 28.0. The number of phosphoric ester groups is 2. The van der Waals surface area contributed by atoms with Crippen LogP contribution in [-0.4, -0.2) is 96.7 Å². The van der Waals surface area contributed by atoms with E-state index in [4.69, 9.17) is 37.0 Å². The Labute approximate surface area is 562 Å². The molecule has 6 atom stereocenters. The summed E-state index contributed by atoms with van der Waals surface area (Å²) in [5, 5.41) is 10.6. The van der Waals surface area contributed by atoms with Crippen molar-refractivity contribution in [2.24, 2.45) is 23.7 Å². The Balaban J connectivity index is 5.26. The lowest BCUT2D eigenvalue weighted by molar-refractivity contribution is -0.161. The highest BCUT2D eigenvalue weighted by Gasteiger charge is 2.30. The van der Waals surface area contributed by atoms with Crippen LogP contribution >= 0.6 is 15.6 Å². The Morgan fingerprint density at radius 3 is 0.772 bits per heavy atom. The van der Waals surface area contributed by atoms with E-state index >= 15 is 0 Å². The van der Waals surface area contributed by atoms with Crippen LogP contribution in [0.1, 0.15) is 364 Å². The zero-order valence-corrected chi connectivity index (χ0v) is 62.0. The molecule has 19 heteroatoms. The molecule has 0 aromatic heterocycles. The van der Waals surface area contributed by atoms with Gasteiger partial charge in [0, 0.05) is 25.7 Å². The van der Waals surface area contributed by atoms with Gasteiger partial charge in [-0.15, -0.1) is 0 Å². The van der Waals surface area contributed by atoms with Gasteiger partial charge in [-0.3, -0.25) is 37.3 Å². The summed E-state index contributed by atoms with van der Waals surface area (Å²) >= 11 is 0. The highest BCUT2D eigenvalue weighted by molar-refractivity contribution is 7.47. The highest BCUT2D eigenvalue weighted by atomic mass is 31.2. The zero-order valence-electron chi connectivity index (χ0n) is 60.2. The molecule has 546 valence electrons. The molecule has 0 heterocycles. The number of hydrogen-bond donors (Lipinski definition) is 3. The molecule has 0 rings (SSSR count). The van der Waals surface area contributed by atoms with Crippen molar-refractivity contribution in [1.82, 2.24) is 0 Å². The van der Waals surface area contributed by atoms with Gasteiger partial charge < -0.3 is 33.8 Å². The predicted molar refractivity (Wildman–Crippen MR) is 372 cm³/mol. The molecule has 0 aliphatic carbocycles. The summed E-state index contributed by atoms with van der Waals surface area (Å²) in [6.45, 7) is 14.1. The maximum atomic E-state index is 13.1. The fourth-order valence-corrected chi connectivity index (χ4v) is 12.6. The molecule has 0 aromatic rings. The molecule has 4 unspecified atom stereocenters. The third kappa shape index (κ3) is 65.4. The maximum absolute atomic E-state index is 13.1. The van der Waals surface area contributed by atoms with E-state index < -0.39 is 97.5 Å². The van der Waals surface area contributed by atoms with Crippen LogP contribution in [0.25, 0.3) is 0 Å². The molecule has 0 radical (unpaired) electrons. The van der Waals surface area contributed by atoms with Crippen LogP contribution in [0.4, 0.5) is 0 Å². The number of phosphoric acid groups is 2. The standard InChI is InChI=1S/C73H142O17P2/c1-9-66(8)52-44-36-28-20-15-16-21-29-37-45-53-70(75)83-59-68(89-72(77)55-47-39-30-22-14-12-10-11-13-18-25-33-41-49-63(2)3)61-87-91(79,80)85-57-67(74)58-86-92(81,82)88-62-69(60-84-71(76)54-46-38-32-24-27-35-43-51-65(6)7)90-73(78)56-48-40-31-23-17-19-26-34-42-50-64(4)5/h63-69,74H,9-62H2,1-8H3,(H,79,80)(H,81,82)/t66?,67?,68-,69-/m1/s1. The third-order valence-electron chi connectivity index (χ3n) is 17.2. The second-order valence-corrected chi connectivity index (χ2v) is 30.9. The SMILES string of the molecule is CCC(C)CCCCCCCCCCCCC(=O)OC[C@H](COP(=O)(O)OCC(O)COP(=O)(O)OC[C@@H](COC(=O)CCCCCCCCCC(C)C)OC(=O)CCCCCCCCCCCC(C)C)OC(=O)CCCCCCCCCCCCCCCC(C)C. The lowest BCUT2D eigenvalue weighted by Crippen LogP contribution is -2.30. The minimum absolute atomic E-state index is 0.104. The smallest absolute Gasteiger partial charge is 0.462 e. The molecule has 92 heavy (non-hydrogen) atoms. The van der Waals surface area contributed by atoms with Crippen LogP contribution in [-0.2, 0) is 65.4 Å². The number of hydrogen-bond acceptors (Lipinski definition) is 15. The first kappa shape index (κ1) is 90.1. The molecule has 0 aromatic carbocycles. The second kappa shape index (κ2) is 62.6. The van der Waals surface area contributed by atoms with Crippen molar-refractivity contribution in [2.45, 2.75) is 382 Å². The third-order valence-corrected chi connectivity index (χ3v) is 19.1. The Bertz CT molecular complexity index is 1820. The van der Waals surface area contributed by atoms with Crippen molar-refractivity contribution in [2.75, 3.05) is 39.6 Å². The number of carbonyl (C=O) groups excluding carboxylic acids is 4. The monoisotopic (exact) mass is 1350 g/mol. The Hall–Kier alpha value is -1.94. The fraction of sp³-hybridized carbons (Fsp3) is 0.945. The first-order valence-corrected chi connectivity index (χ1v) is 40.7. The van der Waals surface area contributed by atoms with Gasteiger partial charge in [0.05, 0.1) is 26.4 Å². The van der Waals surface area contributed by atoms with Gasteiger partial charge in [0.25, 0.3) is 0 Å². The average molecular weight is 1350 g/mol. The summed E-state index contributed by atoms with van der Waals surface area (Å²) < 4.78 is 68.4. The Morgan fingerprint density at radius 2 is 0.522 bits per heavy atom.